The number of aliphatic hydroxyl groups is 2. The highest BCUT2D eigenvalue weighted by Crippen LogP contribution is 2.25. The van der Waals surface area contributed by atoms with Gasteiger partial charge >= 0.3 is 5.69 Å². The summed E-state index contributed by atoms with van der Waals surface area (Å²) in [4.78, 5) is 9.09. The lowest BCUT2D eigenvalue weighted by molar-refractivity contribution is -0.387. The van der Waals surface area contributed by atoms with Crippen LogP contribution in [-0.2, 0) is 10.0 Å². The molecule has 0 aliphatic rings. The number of halogens is 1. The van der Waals surface area contributed by atoms with Crippen LogP contribution in [0.5, 0.6) is 0 Å². The van der Waals surface area contributed by atoms with Crippen molar-refractivity contribution >= 4 is 15.7 Å². The van der Waals surface area contributed by atoms with Crippen LogP contribution in [0.4, 0.5) is 10.1 Å². The number of hydrogen-bond acceptors (Lipinski definition) is 6. The van der Waals surface area contributed by atoms with E-state index in [0.717, 1.165) is 6.07 Å². The van der Waals surface area contributed by atoms with E-state index in [4.69, 9.17) is 10.2 Å². The maximum atomic E-state index is 13.3. The summed E-state index contributed by atoms with van der Waals surface area (Å²) in [6, 6.07) is 0.182. The summed E-state index contributed by atoms with van der Waals surface area (Å²) in [5.74, 6) is -1.15. The number of hydrogen-bond donors (Lipinski definition) is 3. The molecule has 0 saturated carbocycles. The smallest absolute Gasteiger partial charge is 0.306 e. The molecule has 0 saturated heterocycles. The average Bonchev–Trinajstić information content (AvgIpc) is 2.35. The number of nitrogens with zero attached hydrogens (tertiary/aromatic N) is 1. The molecular formula is C10H13FN2O6S. The van der Waals surface area contributed by atoms with Crippen molar-refractivity contribution in [1.29, 1.82) is 0 Å². The van der Waals surface area contributed by atoms with Crippen molar-refractivity contribution in [3.8, 4) is 0 Å². The highest BCUT2D eigenvalue weighted by molar-refractivity contribution is 7.89. The predicted molar refractivity (Wildman–Crippen MR) is 66.1 cm³/mol. The first kappa shape index (κ1) is 16.4. The first-order valence-electron chi connectivity index (χ1n) is 5.41. The Bertz CT molecular complexity index is 614. The van der Waals surface area contributed by atoms with Gasteiger partial charge in [-0.05, 0) is 18.6 Å². The molecule has 10 heteroatoms. The summed E-state index contributed by atoms with van der Waals surface area (Å²) in [6.45, 7) is -0.0373. The Balaban J connectivity index is 3.31. The van der Waals surface area contributed by atoms with Crippen molar-refractivity contribution in [3.05, 3.63) is 33.6 Å². The Morgan fingerprint density at radius 2 is 1.95 bits per heavy atom. The van der Waals surface area contributed by atoms with Crippen LogP contribution in [0.15, 0.2) is 17.0 Å². The van der Waals surface area contributed by atoms with Gasteiger partial charge in [-0.25, -0.2) is 13.1 Å². The number of rotatable bonds is 6. The van der Waals surface area contributed by atoms with Crippen molar-refractivity contribution in [2.75, 3.05) is 13.2 Å². The molecule has 0 fully saturated rings. The van der Waals surface area contributed by atoms with E-state index in [0.29, 0.717) is 6.07 Å². The van der Waals surface area contributed by atoms with E-state index in [-0.39, 0.29) is 5.56 Å². The number of nitrogens with one attached hydrogen (secondary N) is 1. The van der Waals surface area contributed by atoms with E-state index in [2.05, 4.69) is 0 Å². The minimum atomic E-state index is -4.23. The van der Waals surface area contributed by atoms with Gasteiger partial charge in [0.1, 0.15) is 0 Å². The number of nitro benzene ring substituents is 1. The zero-order chi connectivity index (χ0) is 15.5. The molecule has 0 radical (unpaired) electrons. The number of aryl methyl sites for hydroxylation is 1. The van der Waals surface area contributed by atoms with Gasteiger partial charge in [-0.1, -0.05) is 0 Å². The van der Waals surface area contributed by atoms with Gasteiger partial charge in [0.15, 0.2) is 0 Å². The lowest BCUT2D eigenvalue weighted by atomic mass is 10.2. The van der Waals surface area contributed by atoms with Crippen molar-refractivity contribution in [2.45, 2.75) is 17.9 Å². The lowest BCUT2D eigenvalue weighted by Crippen LogP contribution is -2.40. The maximum Gasteiger partial charge on any atom is 0.306 e. The second-order valence-corrected chi connectivity index (χ2v) is 5.69. The normalized spacial score (nSPS) is 11.8. The van der Waals surface area contributed by atoms with Gasteiger partial charge in [-0.3, -0.25) is 10.1 Å². The molecule has 8 nitrogen and oxygen atoms in total. The van der Waals surface area contributed by atoms with Crippen molar-refractivity contribution < 1.29 is 27.9 Å². The molecule has 0 amide bonds. The third-order valence-electron chi connectivity index (χ3n) is 2.49. The van der Waals surface area contributed by atoms with Gasteiger partial charge in [-0.15, -0.1) is 0 Å². The molecule has 0 aliphatic carbocycles. The SMILES string of the molecule is Cc1cc(F)c([N+](=O)[O-])cc1S(=O)(=O)NC(CO)CO. The van der Waals surface area contributed by atoms with Crippen LogP contribution in [0.3, 0.4) is 0 Å². The fraction of sp³-hybridized carbons (Fsp3) is 0.400. The van der Waals surface area contributed by atoms with Crippen LogP contribution in [0.2, 0.25) is 0 Å². The average molecular weight is 308 g/mol. The highest BCUT2D eigenvalue weighted by Gasteiger charge is 2.26. The molecule has 0 aromatic heterocycles. The molecule has 1 aromatic rings. The fourth-order valence-electron chi connectivity index (χ4n) is 1.49. The Labute approximate surface area is 114 Å². The summed E-state index contributed by atoms with van der Waals surface area (Å²) in [5.41, 5.74) is -1.00. The Morgan fingerprint density at radius 3 is 2.40 bits per heavy atom. The first-order chi connectivity index (χ1) is 9.22. The summed E-state index contributed by atoms with van der Waals surface area (Å²) < 4.78 is 39.3. The van der Waals surface area contributed by atoms with Crippen LogP contribution < -0.4 is 4.72 Å². The Morgan fingerprint density at radius 1 is 1.40 bits per heavy atom. The largest absolute Gasteiger partial charge is 0.395 e. The van der Waals surface area contributed by atoms with Crippen LogP contribution in [0.1, 0.15) is 5.56 Å². The first-order valence-corrected chi connectivity index (χ1v) is 6.89. The van der Waals surface area contributed by atoms with E-state index in [1.807, 2.05) is 4.72 Å². The van der Waals surface area contributed by atoms with Crippen molar-refractivity contribution in [3.63, 3.8) is 0 Å². The molecule has 1 rings (SSSR count). The highest BCUT2D eigenvalue weighted by atomic mass is 32.2. The third-order valence-corrected chi connectivity index (χ3v) is 4.16. The van der Waals surface area contributed by atoms with Gasteiger partial charge in [0.05, 0.1) is 29.1 Å². The third kappa shape index (κ3) is 3.48. The zero-order valence-electron chi connectivity index (χ0n) is 10.4. The minimum absolute atomic E-state index is 0.0322. The van der Waals surface area contributed by atoms with Crippen molar-refractivity contribution in [1.82, 2.24) is 4.72 Å². The second kappa shape index (κ2) is 6.22. The Hall–Kier alpha value is -1.62. The molecule has 0 atom stereocenters. The molecule has 0 heterocycles. The monoisotopic (exact) mass is 308 g/mol. The van der Waals surface area contributed by atoms with Crippen molar-refractivity contribution in [2.24, 2.45) is 0 Å². The summed E-state index contributed by atoms with van der Waals surface area (Å²) in [5, 5.41) is 28.3. The van der Waals surface area contributed by atoms with E-state index in [9.17, 15) is 22.9 Å². The van der Waals surface area contributed by atoms with E-state index in [1.165, 1.54) is 6.92 Å². The van der Waals surface area contributed by atoms with E-state index < -0.39 is 50.6 Å². The molecule has 0 unspecified atom stereocenters. The minimum Gasteiger partial charge on any atom is -0.395 e. The van der Waals surface area contributed by atoms with Crippen LogP contribution in [0.25, 0.3) is 0 Å². The van der Waals surface area contributed by atoms with Gasteiger partial charge in [0.2, 0.25) is 15.8 Å². The van der Waals surface area contributed by atoms with Gasteiger partial charge in [0, 0.05) is 6.07 Å². The number of aliphatic hydroxyl groups excluding tert-OH is 2. The van der Waals surface area contributed by atoms with Gasteiger partial charge < -0.3 is 10.2 Å². The summed E-state index contributed by atoms with van der Waals surface area (Å²) in [6.07, 6.45) is 0. The lowest BCUT2D eigenvalue weighted by Gasteiger charge is -2.15. The summed E-state index contributed by atoms with van der Waals surface area (Å²) >= 11 is 0. The number of sulfonamides is 1. The van der Waals surface area contributed by atoms with Crippen LogP contribution in [0, 0.1) is 22.9 Å². The molecule has 1 aromatic carbocycles. The Kier molecular flexibility index (Phi) is 5.11. The van der Waals surface area contributed by atoms with Gasteiger partial charge in [-0.2, -0.15) is 4.39 Å². The number of nitro groups is 1. The zero-order valence-corrected chi connectivity index (χ0v) is 11.2. The van der Waals surface area contributed by atoms with Crippen LogP contribution >= 0.6 is 0 Å². The fourth-order valence-corrected chi connectivity index (χ4v) is 2.95. The quantitative estimate of drug-likeness (QED) is 0.487. The standard InChI is InChI=1S/C10H13FN2O6S/c1-6-2-8(11)9(13(16)17)3-10(6)20(18,19)12-7(4-14)5-15/h2-3,7,12,14-15H,4-5H2,1H3. The maximum absolute atomic E-state index is 13.3. The molecule has 20 heavy (non-hydrogen) atoms. The van der Waals surface area contributed by atoms with E-state index >= 15 is 0 Å². The molecule has 3 N–H and O–H groups in total. The predicted octanol–water partition coefficient (Wildman–Crippen LogP) is -0.326. The molecule has 0 bridgehead atoms. The topological polar surface area (TPSA) is 130 Å². The molecule has 112 valence electrons. The van der Waals surface area contributed by atoms with E-state index in [1.54, 1.807) is 0 Å². The van der Waals surface area contributed by atoms with Gasteiger partial charge in [0.25, 0.3) is 0 Å². The second-order valence-electron chi connectivity index (χ2n) is 4.01. The van der Waals surface area contributed by atoms with Crippen LogP contribution in [-0.4, -0.2) is 42.8 Å². The molecule has 0 aliphatic heterocycles. The number of benzene rings is 1. The summed E-state index contributed by atoms with van der Waals surface area (Å²) in [7, 11) is -4.23. The molecular weight excluding hydrogens is 295 g/mol. The molecule has 0 spiro atoms.